The number of hydrogen-bond donors (Lipinski definition) is 1. The maximum atomic E-state index is 12.9. The largest absolute Gasteiger partial charge is 0.507 e. The van der Waals surface area contributed by atoms with Gasteiger partial charge in [0.1, 0.15) is 5.76 Å². The standard InChI is InChI=1S/C23H23Cl2NO4/c1-13(2)14-4-6-15(7-5-14)20-19(22(28)23(29)26(20)10-11-30-3)21(27)16-8-9-17(24)18(25)12-16/h4-9,12-13,20,27H,10-11H2,1-3H3/b21-19-. The van der Waals surface area contributed by atoms with Gasteiger partial charge < -0.3 is 14.7 Å². The molecule has 0 spiro atoms. The van der Waals surface area contributed by atoms with Crippen molar-refractivity contribution in [1.82, 2.24) is 4.90 Å². The van der Waals surface area contributed by atoms with Gasteiger partial charge in [-0.15, -0.1) is 0 Å². The summed E-state index contributed by atoms with van der Waals surface area (Å²) in [6.45, 7) is 4.66. The van der Waals surface area contributed by atoms with Gasteiger partial charge in [-0.2, -0.15) is 0 Å². The van der Waals surface area contributed by atoms with Crippen LogP contribution in [0, 0.1) is 0 Å². The van der Waals surface area contributed by atoms with E-state index in [9.17, 15) is 14.7 Å². The number of aliphatic hydroxyl groups is 1. The van der Waals surface area contributed by atoms with Gasteiger partial charge in [-0.25, -0.2) is 0 Å². The van der Waals surface area contributed by atoms with Crippen molar-refractivity contribution < 1.29 is 19.4 Å². The van der Waals surface area contributed by atoms with Crippen molar-refractivity contribution in [3.8, 4) is 0 Å². The molecule has 0 aliphatic carbocycles. The van der Waals surface area contributed by atoms with Crippen LogP contribution in [0.1, 0.15) is 42.5 Å². The van der Waals surface area contributed by atoms with E-state index in [2.05, 4.69) is 13.8 Å². The normalized spacial score (nSPS) is 18.5. The summed E-state index contributed by atoms with van der Waals surface area (Å²) in [4.78, 5) is 27.1. The molecule has 1 heterocycles. The molecule has 1 fully saturated rings. The lowest BCUT2D eigenvalue weighted by Gasteiger charge is -2.25. The second kappa shape index (κ2) is 9.21. The number of methoxy groups -OCH3 is 1. The highest BCUT2D eigenvalue weighted by Crippen LogP contribution is 2.40. The van der Waals surface area contributed by atoms with E-state index in [-0.39, 0.29) is 29.5 Å². The molecule has 0 bridgehead atoms. The maximum Gasteiger partial charge on any atom is 0.295 e. The first-order valence-corrected chi connectivity index (χ1v) is 10.3. The van der Waals surface area contributed by atoms with Gasteiger partial charge in [0.15, 0.2) is 0 Å². The summed E-state index contributed by atoms with van der Waals surface area (Å²) >= 11 is 12.1. The number of likely N-dealkylation sites (tertiary alicyclic amines) is 1. The quantitative estimate of drug-likeness (QED) is 0.376. The van der Waals surface area contributed by atoms with Gasteiger partial charge in [0.25, 0.3) is 11.7 Å². The minimum absolute atomic E-state index is 0.0202. The number of carbonyl (C=O) groups excluding carboxylic acids is 2. The van der Waals surface area contributed by atoms with E-state index in [1.54, 1.807) is 6.07 Å². The first kappa shape index (κ1) is 22.3. The Kier molecular flexibility index (Phi) is 6.86. The van der Waals surface area contributed by atoms with Gasteiger partial charge in [-0.3, -0.25) is 9.59 Å². The fourth-order valence-corrected chi connectivity index (χ4v) is 3.81. The number of benzene rings is 2. The third kappa shape index (κ3) is 4.24. The summed E-state index contributed by atoms with van der Waals surface area (Å²) in [7, 11) is 1.53. The Labute approximate surface area is 185 Å². The number of aliphatic hydroxyl groups excluding tert-OH is 1. The Morgan fingerprint density at radius 1 is 1.10 bits per heavy atom. The minimum atomic E-state index is -0.743. The van der Waals surface area contributed by atoms with E-state index >= 15 is 0 Å². The lowest BCUT2D eigenvalue weighted by atomic mass is 9.93. The summed E-state index contributed by atoms with van der Waals surface area (Å²) in [6, 6.07) is 11.5. The Bertz CT molecular complexity index is 999. The highest BCUT2D eigenvalue weighted by molar-refractivity contribution is 6.46. The average molecular weight is 448 g/mol. The monoisotopic (exact) mass is 447 g/mol. The fourth-order valence-electron chi connectivity index (χ4n) is 3.51. The van der Waals surface area contributed by atoms with Gasteiger partial charge in [0.2, 0.25) is 0 Å². The number of halogens is 2. The van der Waals surface area contributed by atoms with Gasteiger partial charge in [0.05, 0.1) is 28.3 Å². The predicted molar refractivity (Wildman–Crippen MR) is 118 cm³/mol. The smallest absolute Gasteiger partial charge is 0.295 e. The van der Waals surface area contributed by atoms with Crippen molar-refractivity contribution in [2.24, 2.45) is 0 Å². The van der Waals surface area contributed by atoms with Crippen LogP contribution in [0.4, 0.5) is 0 Å². The molecule has 1 atom stereocenters. The molecule has 5 nitrogen and oxygen atoms in total. The molecule has 2 aromatic rings. The molecule has 30 heavy (non-hydrogen) atoms. The van der Waals surface area contributed by atoms with Crippen LogP contribution in [0.2, 0.25) is 10.0 Å². The van der Waals surface area contributed by atoms with Crippen LogP contribution in [0.25, 0.3) is 5.76 Å². The van der Waals surface area contributed by atoms with Crippen molar-refractivity contribution in [2.45, 2.75) is 25.8 Å². The van der Waals surface area contributed by atoms with Crippen molar-refractivity contribution in [1.29, 1.82) is 0 Å². The van der Waals surface area contributed by atoms with Gasteiger partial charge in [-0.05, 0) is 35.2 Å². The molecular weight excluding hydrogens is 425 g/mol. The molecule has 1 N–H and O–H groups in total. The van der Waals surface area contributed by atoms with Crippen LogP contribution in [0.15, 0.2) is 48.0 Å². The summed E-state index contributed by atoms with van der Waals surface area (Å²) in [5, 5.41) is 11.6. The highest BCUT2D eigenvalue weighted by Gasteiger charge is 2.45. The Balaban J connectivity index is 2.15. The SMILES string of the molecule is COCCN1C(=O)C(=O)/C(=C(\O)c2ccc(Cl)c(Cl)c2)C1c1ccc(C(C)C)cc1. The lowest BCUT2D eigenvalue weighted by molar-refractivity contribution is -0.140. The third-order valence-electron chi connectivity index (χ3n) is 5.19. The zero-order chi connectivity index (χ0) is 22.0. The first-order valence-electron chi connectivity index (χ1n) is 9.58. The van der Waals surface area contributed by atoms with Crippen LogP contribution < -0.4 is 0 Å². The van der Waals surface area contributed by atoms with Crippen LogP contribution in [0.3, 0.4) is 0 Å². The molecule has 0 saturated carbocycles. The molecule has 1 aliphatic heterocycles. The van der Waals surface area contributed by atoms with Crippen LogP contribution in [-0.4, -0.2) is 42.0 Å². The number of hydrogen-bond acceptors (Lipinski definition) is 4. The van der Waals surface area contributed by atoms with E-state index in [1.165, 1.54) is 24.1 Å². The molecule has 0 aromatic heterocycles. The van der Waals surface area contributed by atoms with Crippen LogP contribution >= 0.6 is 23.2 Å². The number of nitrogens with zero attached hydrogens (tertiary/aromatic N) is 1. The number of Topliss-reactive ketones (excluding diaryl/α,β-unsaturated/α-hetero) is 1. The second-order valence-corrected chi connectivity index (χ2v) is 8.25. The topological polar surface area (TPSA) is 66.8 Å². The lowest BCUT2D eigenvalue weighted by Crippen LogP contribution is -2.32. The Morgan fingerprint density at radius 3 is 2.33 bits per heavy atom. The molecule has 3 rings (SSSR count). The number of ether oxygens (including phenoxy) is 1. The number of ketones is 1. The van der Waals surface area contributed by atoms with E-state index < -0.39 is 17.7 Å². The predicted octanol–water partition coefficient (Wildman–Crippen LogP) is 5.18. The summed E-state index contributed by atoms with van der Waals surface area (Å²) in [5.41, 5.74) is 2.21. The molecular formula is C23H23Cl2NO4. The van der Waals surface area contributed by atoms with E-state index in [4.69, 9.17) is 27.9 Å². The maximum absolute atomic E-state index is 12.9. The van der Waals surface area contributed by atoms with E-state index in [1.807, 2.05) is 24.3 Å². The van der Waals surface area contributed by atoms with Crippen molar-refractivity contribution in [2.75, 3.05) is 20.3 Å². The second-order valence-electron chi connectivity index (χ2n) is 7.44. The molecule has 1 aliphatic rings. The Hall–Kier alpha value is -2.34. The van der Waals surface area contributed by atoms with E-state index in [0.717, 1.165) is 11.1 Å². The highest BCUT2D eigenvalue weighted by atomic mass is 35.5. The first-order chi connectivity index (χ1) is 14.3. The zero-order valence-corrected chi connectivity index (χ0v) is 18.5. The molecule has 1 unspecified atom stereocenters. The third-order valence-corrected chi connectivity index (χ3v) is 5.93. The fraction of sp³-hybridized carbons (Fsp3) is 0.304. The van der Waals surface area contributed by atoms with Crippen molar-refractivity contribution >= 4 is 40.7 Å². The average Bonchev–Trinajstić information content (AvgIpc) is 2.98. The molecule has 158 valence electrons. The van der Waals surface area contributed by atoms with Gasteiger partial charge >= 0.3 is 0 Å². The number of carbonyl (C=O) groups is 2. The molecule has 2 aromatic carbocycles. The van der Waals surface area contributed by atoms with Crippen molar-refractivity contribution in [3.63, 3.8) is 0 Å². The number of amides is 1. The summed E-state index contributed by atoms with van der Waals surface area (Å²) < 4.78 is 5.12. The van der Waals surface area contributed by atoms with Gasteiger partial charge in [0, 0.05) is 19.2 Å². The van der Waals surface area contributed by atoms with Gasteiger partial charge in [-0.1, -0.05) is 61.3 Å². The summed E-state index contributed by atoms with van der Waals surface area (Å²) in [6.07, 6.45) is 0. The van der Waals surface area contributed by atoms with Crippen molar-refractivity contribution in [3.05, 3.63) is 74.8 Å². The molecule has 0 radical (unpaired) electrons. The zero-order valence-electron chi connectivity index (χ0n) is 17.0. The van der Waals surface area contributed by atoms with Crippen LogP contribution in [0.5, 0.6) is 0 Å². The minimum Gasteiger partial charge on any atom is -0.507 e. The molecule has 7 heteroatoms. The summed E-state index contributed by atoms with van der Waals surface area (Å²) in [5.74, 6) is -1.36. The Morgan fingerprint density at radius 2 is 1.77 bits per heavy atom. The number of rotatable bonds is 6. The van der Waals surface area contributed by atoms with Crippen LogP contribution in [-0.2, 0) is 14.3 Å². The molecule has 1 amide bonds. The van der Waals surface area contributed by atoms with E-state index in [0.29, 0.717) is 16.5 Å². The molecule has 1 saturated heterocycles.